The fourth-order valence-electron chi connectivity index (χ4n) is 2.44. The maximum absolute atomic E-state index is 5.37. The van der Waals surface area contributed by atoms with Crippen LogP contribution in [-0.2, 0) is 4.74 Å². The molecule has 0 unspecified atom stereocenters. The molecule has 2 saturated heterocycles. The van der Waals surface area contributed by atoms with E-state index in [2.05, 4.69) is 4.90 Å². The molecule has 0 atom stereocenters. The Kier molecular flexibility index (Phi) is 3.62. The normalized spacial score (nSPS) is 27.7. The van der Waals surface area contributed by atoms with E-state index in [0.29, 0.717) is 0 Å². The summed E-state index contributed by atoms with van der Waals surface area (Å²) in [5, 5.41) is 0. The zero-order valence-corrected chi connectivity index (χ0v) is 8.50. The van der Waals surface area contributed by atoms with E-state index in [0.717, 1.165) is 19.1 Å². The molecule has 2 heteroatoms. The number of rotatable bonds is 2. The van der Waals surface area contributed by atoms with Crippen LogP contribution in [-0.4, -0.2) is 37.7 Å². The van der Waals surface area contributed by atoms with E-state index in [-0.39, 0.29) is 0 Å². The molecule has 13 heavy (non-hydrogen) atoms. The van der Waals surface area contributed by atoms with Gasteiger partial charge in [-0.3, -0.25) is 0 Å². The summed E-state index contributed by atoms with van der Waals surface area (Å²) in [6.07, 6.45) is 6.86. The molecule has 2 aliphatic rings. The predicted molar refractivity (Wildman–Crippen MR) is 53.8 cm³/mol. The zero-order chi connectivity index (χ0) is 8.93. The molecule has 2 rings (SSSR count). The average Bonchev–Trinajstić information content (AvgIpc) is 2.21. The first kappa shape index (κ1) is 9.47. The van der Waals surface area contributed by atoms with Crippen LogP contribution in [0.5, 0.6) is 0 Å². The Morgan fingerprint density at radius 1 is 1.00 bits per heavy atom. The molecule has 0 N–H and O–H groups in total. The van der Waals surface area contributed by atoms with Crippen LogP contribution in [0.2, 0.25) is 0 Å². The fourth-order valence-corrected chi connectivity index (χ4v) is 2.44. The second-order valence-corrected chi connectivity index (χ2v) is 4.42. The largest absolute Gasteiger partial charge is 0.381 e. The molecule has 2 aliphatic heterocycles. The standard InChI is InChI=1S/C11H21NO/c1-2-6-12(7-3-1)10-11-4-8-13-9-5-11/h11H,1-10H2. The second-order valence-electron chi connectivity index (χ2n) is 4.42. The molecule has 2 fully saturated rings. The van der Waals surface area contributed by atoms with Gasteiger partial charge < -0.3 is 9.64 Å². The average molecular weight is 183 g/mol. The van der Waals surface area contributed by atoms with Gasteiger partial charge in [-0.1, -0.05) is 6.42 Å². The Labute approximate surface area is 81.3 Å². The van der Waals surface area contributed by atoms with Gasteiger partial charge in [-0.2, -0.15) is 0 Å². The SMILES string of the molecule is C1CCN(CC2CCOCC2)CC1. The second kappa shape index (κ2) is 4.97. The Bertz CT molecular complexity index is 121. The molecular weight excluding hydrogens is 162 g/mol. The van der Waals surface area contributed by atoms with E-state index in [1.165, 1.54) is 51.7 Å². The molecule has 0 amide bonds. The molecule has 76 valence electrons. The van der Waals surface area contributed by atoms with Crippen molar-refractivity contribution in [1.29, 1.82) is 0 Å². The summed E-state index contributed by atoms with van der Waals surface area (Å²) in [5.74, 6) is 0.923. The maximum atomic E-state index is 5.37. The smallest absolute Gasteiger partial charge is 0.0469 e. The van der Waals surface area contributed by atoms with Gasteiger partial charge in [-0.25, -0.2) is 0 Å². The quantitative estimate of drug-likeness (QED) is 0.648. The number of ether oxygens (including phenoxy) is 1. The van der Waals surface area contributed by atoms with Crippen molar-refractivity contribution in [3.8, 4) is 0 Å². The van der Waals surface area contributed by atoms with Crippen molar-refractivity contribution in [2.45, 2.75) is 32.1 Å². The van der Waals surface area contributed by atoms with Gasteiger partial charge in [0.2, 0.25) is 0 Å². The molecule has 0 aromatic carbocycles. The lowest BCUT2D eigenvalue weighted by Gasteiger charge is -2.32. The third kappa shape index (κ3) is 2.96. The van der Waals surface area contributed by atoms with Gasteiger partial charge in [-0.15, -0.1) is 0 Å². The minimum Gasteiger partial charge on any atom is -0.381 e. The van der Waals surface area contributed by atoms with Crippen LogP contribution in [0.25, 0.3) is 0 Å². The first-order valence-electron chi connectivity index (χ1n) is 5.75. The van der Waals surface area contributed by atoms with Gasteiger partial charge in [0.25, 0.3) is 0 Å². The molecule has 0 saturated carbocycles. The highest BCUT2D eigenvalue weighted by molar-refractivity contribution is 4.71. The first-order chi connectivity index (χ1) is 6.45. The molecule has 2 nitrogen and oxygen atoms in total. The lowest BCUT2D eigenvalue weighted by Crippen LogP contribution is -2.36. The summed E-state index contributed by atoms with van der Waals surface area (Å²) in [4.78, 5) is 2.65. The van der Waals surface area contributed by atoms with E-state index >= 15 is 0 Å². The van der Waals surface area contributed by atoms with Gasteiger partial charge in [0.05, 0.1) is 0 Å². The van der Waals surface area contributed by atoms with Gasteiger partial charge >= 0.3 is 0 Å². The van der Waals surface area contributed by atoms with E-state index in [1.807, 2.05) is 0 Å². The van der Waals surface area contributed by atoms with Crippen molar-refractivity contribution in [3.63, 3.8) is 0 Å². The highest BCUT2D eigenvalue weighted by Gasteiger charge is 2.18. The van der Waals surface area contributed by atoms with Crippen molar-refractivity contribution in [2.24, 2.45) is 5.92 Å². The fraction of sp³-hybridized carbons (Fsp3) is 1.00. The van der Waals surface area contributed by atoms with Crippen molar-refractivity contribution >= 4 is 0 Å². The van der Waals surface area contributed by atoms with Crippen LogP contribution in [0.4, 0.5) is 0 Å². The monoisotopic (exact) mass is 183 g/mol. The van der Waals surface area contributed by atoms with E-state index < -0.39 is 0 Å². The molecule has 0 bridgehead atoms. The lowest BCUT2D eigenvalue weighted by molar-refractivity contribution is 0.0498. The van der Waals surface area contributed by atoms with Crippen molar-refractivity contribution in [3.05, 3.63) is 0 Å². The zero-order valence-electron chi connectivity index (χ0n) is 8.50. The minimum atomic E-state index is 0.923. The summed E-state index contributed by atoms with van der Waals surface area (Å²) >= 11 is 0. The molecular formula is C11H21NO. The van der Waals surface area contributed by atoms with E-state index in [9.17, 15) is 0 Å². The van der Waals surface area contributed by atoms with E-state index in [1.54, 1.807) is 0 Å². The van der Waals surface area contributed by atoms with Gasteiger partial charge in [-0.05, 0) is 44.7 Å². The Morgan fingerprint density at radius 2 is 1.69 bits per heavy atom. The highest BCUT2D eigenvalue weighted by Crippen LogP contribution is 2.18. The summed E-state index contributed by atoms with van der Waals surface area (Å²) in [5.41, 5.74) is 0. The van der Waals surface area contributed by atoms with Crippen LogP contribution in [0, 0.1) is 5.92 Å². The third-order valence-corrected chi connectivity index (χ3v) is 3.31. The minimum absolute atomic E-state index is 0.923. The number of hydrogen-bond acceptors (Lipinski definition) is 2. The van der Waals surface area contributed by atoms with Crippen molar-refractivity contribution < 1.29 is 4.74 Å². The lowest BCUT2D eigenvalue weighted by atomic mass is 9.98. The van der Waals surface area contributed by atoms with Crippen molar-refractivity contribution in [1.82, 2.24) is 4.90 Å². The van der Waals surface area contributed by atoms with Gasteiger partial charge in [0.15, 0.2) is 0 Å². The van der Waals surface area contributed by atoms with Crippen LogP contribution >= 0.6 is 0 Å². The number of nitrogens with zero attached hydrogens (tertiary/aromatic N) is 1. The van der Waals surface area contributed by atoms with Crippen LogP contribution in [0.15, 0.2) is 0 Å². The Balaban J connectivity index is 1.69. The predicted octanol–water partition coefficient (Wildman–Crippen LogP) is 1.90. The summed E-state index contributed by atoms with van der Waals surface area (Å²) in [6, 6.07) is 0. The molecule has 0 aromatic rings. The number of likely N-dealkylation sites (tertiary alicyclic amines) is 1. The van der Waals surface area contributed by atoms with E-state index in [4.69, 9.17) is 4.74 Å². The number of hydrogen-bond donors (Lipinski definition) is 0. The van der Waals surface area contributed by atoms with Crippen LogP contribution in [0.1, 0.15) is 32.1 Å². The topological polar surface area (TPSA) is 12.5 Å². The van der Waals surface area contributed by atoms with Gasteiger partial charge in [0.1, 0.15) is 0 Å². The van der Waals surface area contributed by atoms with Crippen LogP contribution < -0.4 is 0 Å². The molecule has 2 heterocycles. The molecule has 0 aromatic heterocycles. The Hall–Kier alpha value is -0.0800. The molecule has 0 spiro atoms. The highest BCUT2D eigenvalue weighted by atomic mass is 16.5. The van der Waals surface area contributed by atoms with Crippen molar-refractivity contribution in [2.75, 3.05) is 32.8 Å². The van der Waals surface area contributed by atoms with Crippen LogP contribution in [0.3, 0.4) is 0 Å². The maximum Gasteiger partial charge on any atom is 0.0469 e. The summed E-state index contributed by atoms with van der Waals surface area (Å²) in [7, 11) is 0. The molecule has 0 aliphatic carbocycles. The third-order valence-electron chi connectivity index (χ3n) is 3.31. The Morgan fingerprint density at radius 3 is 2.38 bits per heavy atom. The van der Waals surface area contributed by atoms with Gasteiger partial charge in [0, 0.05) is 19.8 Å². The molecule has 0 radical (unpaired) electrons. The number of piperidine rings is 1. The summed E-state index contributed by atoms with van der Waals surface area (Å²) < 4.78 is 5.37. The summed E-state index contributed by atoms with van der Waals surface area (Å²) in [6.45, 7) is 6.02. The first-order valence-corrected chi connectivity index (χ1v) is 5.75.